The molecule has 3 aromatic carbocycles. The molecular weight excluding hydrogens is 531 g/mol. The van der Waals surface area contributed by atoms with Crippen molar-refractivity contribution in [3.63, 3.8) is 0 Å². The number of pyridine rings is 1. The Morgan fingerprint density at radius 2 is 1.46 bits per heavy atom. The van der Waals surface area contributed by atoms with Crippen LogP contribution in [0.5, 0.6) is 11.5 Å². The molecule has 1 aromatic heterocycles. The van der Waals surface area contributed by atoms with Crippen molar-refractivity contribution in [1.82, 2.24) is 0 Å². The molecule has 1 atom stereocenters. The van der Waals surface area contributed by atoms with E-state index in [1.807, 2.05) is 42.5 Å². The molecule has 1 saturated carbocycles. The molecule has 0 aliphatic heterocycles. The van der Waals surface area contributed by atoms with E-state index in [1.54, 1.807) is 19.2 Å². The average Bonchev–Trinajstić information content (AvgIpc) is 3.49. The number of hydrogen-bond donors (Lipinski definition) is 1. The van der Waals surface area contributed by atoms with Crippen molar-refractivity contribution in [3.8, 4) is 22.6 Å². The van der Waals surface area contributed by atoms with Gasteiger partial charge in [0.1, 0.15) is 0 Å². The van der Waals surface area contributed by atoms with Gasteiger partial charge in [-0.2, -0.15) is 18.0 Å². The minimum atomic E-state index is -4.38. The Hall–Kier alpha value is -4.33. The number of halogens is 3. The minimum absolute atomic E-state index is 0.118. The first-order valence-corrected chi connectivity index (χ1v) is 13.6. The number of carboxylic acid groups (broad SMARTS) is 1. The first kappa shape index (κ1) is 28.2. The number of methoxy groups -OCH3 is 1. The van der Waals surface area contributed by atoms with Crippen LogP contribution in [0.15, 0.2) is 91.3 Å². The molecule has 0 radical (unpaired) electrons. The van der Waals surface area contributed by atoms with Gasteiger partial charge in [-0.15, -0.1) is 0 Å². The Bertz CT molecular complexity index is 1480. The average molecular weight is 563 g/mol. The van der Waals surface area contributed by atoms with Gasteiger partial charge < -0.3 is 14.6 Å². The lowest BCUT2D eigenvalue weighted by Crippen LogP contribution is -2.40. The fourth-order valence-corrected chi connectivity index (χ4v) is 5.35. The van der Waals surface area contributed by atoms with Crippen LogP contribution in [0.3, 0.4) is 0 Å². The number of hydrogen-bond acceptors (Lipinski definition) is 3. The molecular formula is C33H31F3NO4+. The van der Waals surface area contributed by atoms with E-state index in [0.717, 1.165) is 64.6 Å². The van der Waals surface area contributed by atoms with Gasteiger partial charge >= 0.3 is 12.3 Å². The van der Waals surface area contributed by atoms with Crippen molar-refractivity contribution in [3.05, 3.63) is 114 Å². The summed E-state index contributed by atoms with van der Waals surface area (Å²) < 4.78 is 51.9. The van der Waals surface area contributed by atoms with Crippen LogP contribution in [-0.4, -0.2) is 24.4 Å². The number of rotatable bonds is 8. The number of nitrogens with zero attached hydrogens (tertiary/aromatic N) is 1. The summed E-state index contributed by atoms with van der Waals surface area (Å²) in [6.45, 7) is 0. The molecule has 0 amide bonds. The van der Waals surface area contributed by atoms with Gasteiger partial charge in [0, 0.05) is 18.1 Å². The van der Waals surface area contributed by atoms with Crippen LogP contribution in [0.1, 0.15) is 53.9 Å². The monoisotopic (exact) mass is 562 g/mol. The van der Waals surface area contributed by atoms with Gasteiger partial charge in [-0.05, 0) is 84.2 Å². The van der Waals surface area contributed by atoms with E-state index in [-0.39, 0.29) is 12.0 Å². The summed E-state index contributed by atoms with van der Waals surface area (Å²) in [5.74, 6) is 1.28. The summed E-state index contributed by atoms with van der Waals surface area (Å²) in [5, 5.41) is 9.34. The van der Waals surface area contributed by atoms with Gasteiger partial charge in [-0.1, -0.05) is 47.0 Å². The maximum atomic E-state index is 13.0. The lowest BCUT2D eigenvalue weighted by atomic mass is 9.85. The highest BCUT2D eigenvalue weighted by molar-refractivity contribution is 5.64. The second kappa shape index (κ2) is 12.0. The smallest absolute Gasteiger partial charge is 0.493 e. The number of benzene rings is 3. The van der Waals surface area contributed by atoms with E-state index in [2.05, 4.69) is 0 Å². The molecule has 1 unspecified atom stereocenters. The van der Waals surface area contributed by atoms with E-state index >= 15 is 0 Å². The highest BCUT2D eigenvalue weighted by Crippen LogP contribution is 2.36. The molecule has 5 nitrogen and oxygen atoms in total. The van der Waals surface area contributed by atoms with Crippen LogP contribution in [0, 0.1) is 0 Å². The van der Waals surface area contributed by atoms with E-state index < -0.39 is 17.8 Å². The zero-order chi connectivity index (χ0) is 29.0. The Kier molecular flexibility index (Phi) is 8.28. The van der Waals surface area contributed by atoms with Crippen molar-refractivity contribution < 1.29 is 37.1 Å². The van der Waals surface area contributed by atoms with E-state index in [0.29, 0.717) is 23.5 Å². The number of carbonyl (C=O) groups is 1. The normalized spacial score (nSPS) is 14.5. The van der Waals surface area contributed by atoms with E-state index in [9.17, 15) is 23.1 Å². The molecule has 1 fully saturated rings. The maximum Gasteiger partial charge on any atom is 0.599 e. The van der Waals surface area contributed by atoms with Gasteiger partial charge in [0.25, 0.3) is 0 Å². The largest absolute Gasteiger partial charge is 0.599 e. The highest BCUT2D eigenvalue weighted by Gasteiger charge is 2.30. The van der Waals surface area contributed by atoms with Gasteiger partial charge in [0.2, 0.25) is 0 Å². The van der Waals surface area contributed by atoms with Crippen LogP contribution < -0.4 is 14.0 Å². The first-order chi connectivity index (χ1) is 19.7. The predicted octanol–water partition coefficient (Wildman–Crippen LogP) is 7.89. The van der Waals surface area contributed by atoms with Crippen molar-refractivity contribution in [2.45, 2.75) is 50.3 Å². The summed E-state index contributed by atoms with van der Waals surface area (Å²) in [7, 11) is 1.62. The highest BCUT2D eigenvalue weighted by atomic mass is 19.4. The summed E-state index contributed by atoms with van der Waals surface area (Å²) in [5.41, 5.74) is 3.76. The summed E-state index contributed by atoms with van der Waals surface area (Å²) in [6, 6.07) is 22.4. The van der Waals surface area contributed by atoms with Gasteiger partial charge in [0.15, 0.2) is 23.9 Å². The second-order valence-electron chi connectivity index (χ2n) is 10.3. The van der Waals surface area contributed by atoms with Crippen LogP contribution in [0.25, 0.3) is 11.1 Å². The molecule has 8 heteroatoms. The molecule has 4 aromatic rings. The standard InChI is InChI=1S/C33H30F3NO4/c1-40-30-15-6-22(21-31(30)41-28-4-2-3-5-28)20-29(26-16-18-37(19-17-26)32(38)39)25-9-7-23(8-10-25)24-11-13-27(14-12-24)33(34,35)36/h6-19,21,28-29H,2-5,20H2,1H3/p+1. The quantitative estimate of drug-likeness (QED) is 0.222. The SMILES string of the molecule is COc1ccc(CC(c2ccc(-c3ccc(C(F)(F)F)cc3)cc2)c2cc[n+](C(=O)O)cc2)cc1OC1CCCC1. The van der Waals surface area contributed by atoms with Crippen LogP contribution >= 0.6 is 0 Å². The molecule has 0 spiro atoms. The number of aromatic nitrogens is 1. The van der Waals surface area contributed by atoms with Crippen LogP contribution in [0.4, 0.5) is 18.0 Å². The van der Waals surface area contributed by atoms with E-state index in [4.69, 9.17) is 9.47 Å². The minimum Gasteiger partial charge on any atom is -0.493 e. The zero-order valence-corrected chi connectivity index (χ0v) is 22.6. The van der Waals surface area contributed by atoms with Gasteiger partial charge in [-0.3, -0.25) is 0 Å². The van der Waals surface area contributed by atoms with Crippen LogP contribution in [0.2, 0.25) is 0 Å². The molecule has 1 aliphatic rings. The summed E-state index contributed by atoms with van der Waals surface area (Å²) in [6.07, 6.45) is 2.72. The molecule has 0 bridgehead atoms. The molecule has 1 N–H and O–H groups in total. The van der Waals surface area contributed by atoms with Crippen molar-refractivity contribution in [2.24, 2.45) is 0 Å². The van der Waals surface area contributed by atoms with Gasteiger partial charge in [0.05, 0.1) is 18.8 Å². The second-order valence-corrected chi connectivity index (χ2v) is 10.3. The van der Waals surface area contributed by atoms with Crippen molar-refractivity contribution in [2.75, 3.05) is 7.11 Å². The molecule has 1 heterocycles. The fourth-order valence-electron chi connectivity index (χ4n) is 5.35. The molecule has 212 valence electrons. The Morgan fingerprint density at radius 1 is 0.878 bits per heavy atom. The lowest BCUT2D eigenvalue weighted by Gasteiger charge is -2.20. The van der Waals surface area contributed by atoms with Gasteiger partial charge in [-0.25, -0.2) is 0 Å². The fraction of sp³-hybridized carbons (Fsp3) is 0.273. The third-order valence-electron chi connectivity index (χ3n) is 7.60. The summed E-state index contributed by atoms with van der Waals surface area (Å²) in [4.78, 5) is 11.4. The molecule has 5 rings (SSSR count). The molecule has 41 heavy (non-hydrogen) atoms. The summed E-state index contributed by atoms with van der Waals surface area (Å²) >= 11 is 0. The van der Waals surface area contributed by atoms with Crippen molar-refractivity contribution in [1.29, 1.82) is 0 Å². The van der Waals surface area contributed by atoms with Crippen molar-refractivity contribution >= 4 is 6.09 Å². The number of ether oxygens (including phenoxy) is 2. The topological polar surface area (TPSA) is 59.6 Å². The third-order valence-corrected chi connectivity index (χ3v) is 7.60. The third kappa shape index (κ3) is 6.70. The molecule has 1 aliphatic carbocycles. The number of alkyl halides is 3. The Labute approximate surface area is 236 Å². The Morgan fingerprint density at radius 3 is 2.02 bits per heavy atom. The zero-order valence-electron chi connectivity index (χ0n) is 22.6. The Balaban J connectivity index is 1.45. The lowest BCUT2D eigenvalue weighted by molar-refractivity contribution is -0.584. The maximum absolute atomic E-state index is 13.0. The van der Waals surface area contributed by atoms with Crippen LogP contribution in [-0.2, 0) is 12.6 Å². The first-order valence-electron chi connectivity index (χ1n) is 13.6. The predicted molar refractivity (Wildman–Crippen MR) is 148 cm³/mol. The van der Waals surface area contributed by atoms with E-state index in [1.165, 1.54) is 24.5 Å². The molecule has 0 saturated heterocycles.